The van der Waals surface area contributed by atoms with E-state index in [9.17, 15) is 24.3 Å². The van der Waals surface area contributed by atoms with Gasteiger partial charge >= 0.3 is 5.97 Å². The van der Waals surface area contributed by atoms with Crippen molar-refractivity contribution >= 4 is 35.5 Å². The van der Waals surface area contributed by atoms with E-state index in [2.05, 4.69) is 31.2 Å². The first-order chi connectivity index (χ1) is 15.7. The maximum Gasteiger partial charge on any atom is 0.326 e. The van der Waals surface area contributed by atoms with Gasteiger partial charge in [0.2, 0.25) is 17.7 Å². The average Bonchev–Trinajstić information content (AvgIpc) is 3.47. The van der Waals surface area contributed by atoms with Gasteiger partial charge in [-0.1, -0.05) is 13.8 Å². The predicted octanol–water partition coefficient (Wildman–Crippen LogP) is -0.348. The van der Waals surface area contributed by atoms with Crippen LogP contribution in [-0.4, -0.2) is 81.5 Å². The summed E-state index contributed by atoms with van der Waals surface area (Å²) in [6.07, 6.45) is 6.98. The number of carboxylic acids is 1. The molecule has 1 aromatic heterocycles. The summed E-state index contributed by atoms with van der Waals surface area (Å²) < 4.78 is 0. The topological polar surface area (TPSA) is 165 Å². The fourth-order valence-corrected chi connectivity index (χ4v) is 4.02. The molecular formula is C21H34N6O5S. The van der Waals surface area contributed by atoms with Crippen molar-refractivity contribution < 1.29 is 24.3 Å². The number of H-pyrrole nitrogens is 1. The second-order valence-corrected chi connectivity index (χ2v) is 9.39. The zero-order valence-electron chi connectivity index (χ0n) is 19.2. The molecule has 0 bridgehead atoms. The number of aromatic amines is 1. The molecular weight excluding hydrogens is 448 g/mol. The van der Waals surface area contributed by atoms with Crippen LogP contribution in [0.2, 0.25) is 0 Å². The Kier molecular flexibility index (Phi) is 10.7. The van der Waals surface area contributed by atoms with Crippen LogP contribution in [0.25, 0.3) is 0 Å². The number of hydrogen-bond acceptors (Lipinski definition) is 7. The molecule has 4 unspecified atom stereocenters. The maximum atomic E-state index is 13.1. The SMILES string of the molecule is CSCCC(NC(=O)C1CCCN1)C(=O)NC(Cc1cnc[nH]1)C(=O)NC(C(=O)O)C(C)C. The summed E-state index contributed by atoms with van der Waals surface area (Å²) in [5.74, 6) is -2.21. The number of aromatic nitrogens is 2. The van der Waals surface area contributed by atoms with Gasteiger partial charge in [-0.15, -0.1) is 0 Å². The lowest BCUT2D eigenvalue weighted by Gasteiger charge is -2.26. The molecule has 0 aromatic carbocycles. The third kappa shape index (κ3) is 8.35. The normalized spacial score (nSPS) is 18.4. The molecule has 12 heteroatoms. The second-order valence-electron chi connectivity index (χ2n) is 8.40. The standard InChI is InChI=1S/C21H34N6O5S/c1-12(2)17(21(31)32)27-20(30)16(9-13-10-22-11-24-13)26-19(29)15(6-8-33-3)25-18(28)14-5-4-7-23-14/h10-12,14-17,23H,4-9H2,1-3H3,(H,22,24)(H,25,28)(H,26,29)(H,27,30)(H,31,32). The van der Waals surface area contributed by atoms with Crippen LogP contribution in [0.3, 0.4) is 0 Å². The molecule has 0 saturated carbocycles. The number of carbonyl (C=O) groups is 4. The quantitative estimate of drug-likeness (QED) is 0.222. The fraction of sp³-hybridized carbons (Fsp3) is 0.667. The Balaban J connectivity index is 2.14. The van der Waals surface area contributed by atoms with Gasteiger partial charge in [-0.2, -0.15) is 11.8 Å². The Morgan fingerprint density at radius 2 is 1.91 bits per heavy atom. The lowest BCUT2D eigenvalue weighted by molar-refractivity contribution is -0.143. The van der Waals surface area contributed by atoms with Crippen molar-refractivity contribution in [2.45, 2.75) is 63.7 Å². The van der Waals surface area contributed by atoms with Crippen LogP contribution in [0, 0.1) is 5.92 Å². The molecule has 4 atom stereocenters. The minimum absolute atomic E-state index is 0.0926. The summed E-state index contributed by atoms with van der Waals surface area (Å²) in [5.41, 5.74) is 0.603. The minimum atomic E-state index is -1.15. The first-order valence-electron chi connectivity index (χ1n) is 11.1. The zero-order chi connectivity index (χ0) is 24.4. The molecule has 0 aliphatic carbocycles. The molecule has 33 heavy (non-hydrogen) atoms. The number of carboxylic acid groups (broad SMARTS) is 1. The summed E-state index contributed by atoms with van der Waals surface area (Å²) in [7, 11) is 0. The van der Waals surface area contributed by atoms with E-state index in [1.807, 2.05) is 6.26 Å². The van der Waals surface area contributed by atoms with Crippen LogP contribution in [-0.2, 0) is 25.6 Å². The molecule has 11 nitrogen and oxygen atoms in total. The molecule has 3 amide bonds. The molecule has 6 N–H and O–H groups in total. The molecule has 2 heterocycles. The van der Waals surface area contributed by atoms with Crippen LogP contribution >= 0.6 is 11.8 Å². The van der Waals surface area contributed by atoms with E-state index >= 15 is 0 Å². The summed E-state index contributed by atoms with van der Waals surface area (Å²) in [4.78, 5) is 57.0. The maximum absolute atomic E-state index is 13.1. The number of imidazole rings is 1. The summed E-state index contributed by atoms with van der Waals surface area (Å²) in [6.45, 7) is 4.13. The lowest BCUT2D eigenvalue weighted by atomic mass is 10.0. The van der Waals surface area contributed by atoms with Gasteiger partial charge in [0.15, 0.2) is 0 Å². The van der Waals surface area contributed by atoms with Crippen LogP contribution in [0.1, 0.15) is 38.8 Å². The predicted molar refractivity (Wildman–Crippen MR) is 125 cm³/mol. The second kappa shape index (κ2) is 13.2. The van der Waals surface area contributed by atoms with Crippen molar-refractivity contribution in [2.24, 2.45) is 5.92 Å². The van der Waals surface area contributed by atoms with Gasteiger partial charge in [0.25, 0.3) is 0 Å². The van der Waals surface area contributed by atoms with E-state index < -0.39 is 35.9 Å². The monoisotopic (exact) mass is 482 g/mol. The third-order valence-corrected chi connectivity index (χ3v) is 6.11. The molecule has 184 valence electrons. The zero-order valence-corrected chi connectivity index (χ0v) is 20.0. The van der Waals surface area contributed by atoms with Crippen molar-refractivity contribution in [3.63, 3.8) is 0 Å². The molecule has 2 rings (SSSR count). The highest BCUT2D eigenvalue weighted by molar-refractivity contribution is 7.98. The highest BCUT2D eigenvalue weighted by Crippen LogP contribution is 2.09. The number of nitrogens with zero attached hydrogens (tertiary/aromatic N) is 1. The minimum Gasteiger partial charge on any atom is -0.480 e. The third-order valence-electron chi connectivity index (χ3n) is 5.46. The van der Waals surface area contributed by atoms with Gasteiger partial charge in [-0.25, -0.2) is 9.78 Å². The summed E-state index contributed by atoms with van der Waals surface area (Å²) in [5, 5.41) is 20.6. The van der Waals surface area contributed by atoms with Crippen molar-refractivity contribution in [3.05, 3.63) is 18.2 Å². The largest absolute Gasteiger partial charge is 0.480 e. The Morgan fingerprint density at radius 1 is 1.18 bits per heavy atom. The average molecular weight is 483 g/mol. The number of thioether (sulfide) groups is 1. The van der Waals surface area contributed by atoms with Crippen LogP contribution in [0.15, 0.2) is 12.5 Å². The Hall–Kier alpha value is -2.60. The Labute approximate surface area is 197 Å². The van der Waals surface area contributed by atoms with Gasteiger partial charge in [-0.05, 0) is 43.7 Å². The van der Waals surface area contributed by atoms with Crippen molar-refractivity contribution in [1.82, 2.24) is 31.2 Å². The number of rotatable bonds is 13. The van der Waals surface area contributed by atoms with Gasteiger partial charge in [0, 0.05) is 18.3 Å². The van der Waals surface area contributed by atoms with Gasteiger partial charge in [0.05, 0.1) is 12.4 Å². The van der Waals surface area contributed by atoms with E-state index in [1.54, 1.807) is 25.6 Å². The lowest BCUT2D eigenvalue weighted by Crippen LogP contribution is -2.58. The molecule has 1 aliphatic rings. The van der Waals surface area contributed by atoms with Crippen molar-refractivity contribution in [1.29, 1.82) is 0 Å². The van der Waals surface area contributed by atoms with Crippen LogP contribution in [0.4, 0.5) is 0 Å². The summed E-state index contributed by atoms with van der Waals surface area (Å²) >= 11 is 1.55. The van der Waals surface area contributed by atoms with E-state index in [1.165, 1.54) is 12.5 Å². The van der Waals surface area contributed by atoms with E-state index in [0.717, 1.165) is 13.0 Å². The molecule has 0 spiro atoms. The Morgan fingerprint density at radius 3 is 2.45 bits per heavy atom. The van der Waals surface area contributed by atoms with Crippen molar-refractivity contribution in [2.75, 3.05) is 18.6 Å². The number of nitrogens with one attached hydrogen (secondary N) is 5. The molecule has 1 aromatic rings. The van der Waals surface area contributed by atoms with Crippen LogP contribution < -0.4 is 21.3 Å². The molecule has 1 saturated heterocycles. The van der Waals surface area contributed by atoms with Crippen LogP contribution in [0.5, 0.6) is 0 Å². The van der Waals surface area contributed by atoms with E-state index in [0.29, 0.717) is 24.3 Å². The fourth-order valence-electron chi connectivity index (χ4n) is 3.55. The van der Waals surface area contributed by atoms with E-state index in [4.69, 9.17) is 0 Å². The Bertz CT molecular complexity index is 797. The van der Waals surface area contributed by atoms with E-state index in [-0.39, 0.29) is 24.3 Å². The number of carbonyl (C=O) groups excluding carboxylic acids is 3. The first-order valence-corrected chi connectivity index (χ1v) is 12.5. The number of aliphatic carboxylic acids is 1. The highest BCUT2D eigenvalue weighted by atomic mass is 32.2. The number of amides is 3. The molecule has 0 radical (unpaired) electrons. The highest BCUT2D eigenvalue weighted by Gasteiger charge is 2.32. The smallest absolute Gasteiger partial charge is 0.326 e. The van der Waals surface area contributed by atoms with Gasteiger partial charge in [-0.3, -0.25) is 14.4 Å². The van der Waals surface area contributed by atoms with Gasteiger partial charge < -0.3 is 31.4 Å². The molecule has 1 aliphatic heterocycles. The molecule has 1 fully saturated rings. The van der Waals surface area contributed by atoms with Crippen molar-refractivity contribution in [3.8, 4) is 0 Å². The van der Waals surface area contributed by atoms with Gasteiger partial charge in [0.1, 0.15) is 18.1 Å². The first kappa shape index (κ1) is 26.7. The summed E-state index contributed by atoms with van der Waals surface area (Å²) in [6, 6.07) is -3.29. The number of hydrogen-bond donors (Lipinski definition) is 6.